The van der Waals surface area contributed by atoms with Gasteiger partial charge in [-0.05, 0) is 51.5 Å². The molecule has 1 fully saturated rings. The van der Waals surface area contributed by atoms with Crippen molar-refractivity contribution in [1.82, 2.24) is 14.9 Å². The van der Waals surface area contributed by atoms with E-state index in [1.807, 2.05) is 13.8 Å². The molecular weight excluding hydrogens is 428 g/mol. The number of nitrogens with two attached hydrogens (primary N) is 1. The molecule has 1 aliphatic carbocycles. The van der Waals surface area contributed by atoms with Gasteiger partial charge in [0.1, 0.15) is 10.6 Å². The number of carbonyl (C=O) groups is 1. The molecule has 0 aromatic carbocycles. The largest absolute Gasteiger partial charge is 0.383 e. The molecule has 7 nitrogen and oxygen atoms in total. The summed E-state index contributed by atoms with van der Waals surface area (Å²) in [5.41, 5.74) is 7.57. The fourth-order valence-corrected chi connectivity index (χ4v) is 8.18. The van der Waals surface area contributed by atoms with E-state index in [9.17, 15) is 13.2 Å². The lowest BCUT2D eigenvalue weighted by molar-refractivity contribution is -0.131. The maximum Gasteiger partial charge on any atom is 0.236 e. The van der Waals surface area contributed by atoms with E-state index in [1.165, 1.54) is 35.0 Å². The Kier molecular flexibility index (Phi) is 5.78. The van der Waals surface area contributed by atoms with Crippen LogP contribution in [0.3, 0.4) is 0 Å². The van der Waals surface area contributed by atoms with Crippen LogP contribution in [0.2, 0.25) is 0 Å². The number of fused-ring (bicyclic) bond motifs is 3. The standard InChI is InChI=1S/C19H26N4O3S3/c1-3-23(12-8-9-29(25,26)10-12)18(24)11(2)27-19-21-16(20)15-13-6-4-5-7-14(13)28-17(15)22-19/h11-12H,3-10H2,1-2H3,(H2,20,21,22). The van der Waals surface area contributed by atoms with Crippen LogP contribution in [0.5, 0.6) is 0 Å². The van der Waals surface area contributed by atoms with Crippen molar-refractivity contribution < 1.29 is 13.2 Å². The topological polar surface area (TPSA) is 106 Å². The first kappa shape index (κ1) is 20.9. The summed E-state index contributed by atoms with van der Waals surface area (Å²) in [5, 5.41) is 1.08. The van der Waals surface area contributed by atoms with Crippen LogP contribution in [0.4, 0.5) is 5.82 Å². The molecule has 0 bridgehead atoms. The van der Waals surface area contributed by atoms with E-state index < -0.39 is 15.1 Å². The molecule has 0 spiro atoms. The first-order valence-corrected chi connectivity index (χ1v) is 13.6. The van der Waals surface area contributed by atoms with Gasteiger partial charge >= 0.3 is 0 Å². The zero-order valence-corrected chi connectivity index (χ0v) is 19.1. The molecule has 2 aliphatic rings. The minimum atomic E-state index is -3.04. The Morgan fingerprint density at radius 2 is 2.10 bits per heavy atom. The molecule has 1 aliphatic heterocycles. The molecule has 1 amide bonds. The highest BCUT2D eigenvalue weighted by atomic mass is 32.2. The summed E-state index contributed by atoms with van der Waals surface area (Å²) in [5.74, 6) is 0.626. The van der Waals surface area contributed by atoms with Gasteiger partial charge in [-0.2, -0.15) is 0 Å². The number of thioether (sulfide) groups is 1. The Balaban J connectivity index is 1.53. The van der Waals surface area contributed by atoms with Gasteiger partial charge in [0.2, 0.25) is 5.91 Å². The molecule has 0 radical (unpaired) electrons. The molecule has 2 aromatic heterocycles. The molecule has 4 rings (SSSR count). The quantitative estimate of drug-likeness (QED) is 0.547. The summed E-state index contributed by atoms with van der Waals surface area (Å²) >= 11 is 2.98. The number of amides is 1. The first-order chi connectivity index (χ1) is 13.8. The normalized spacial score (nSPS) is 21.8. The van der Waals surface area contributed by atoms with Crippen LogP contribution in [0, 0.1) is 0 Å². The summed E-state index contributed by atoms with van der Waals surface area (Å²) in [7, 11) is -3.04. The minimum absolute atomic E-state index is 0.0557. The minimum Gasteiger partial charge on any atom is -0.383 e. The average molecular weight is 455 g/mol. The number of aromatic nitrogens is 2. The van der Waals surface area contributed by atoms with Crippen molar-refractivity contribution in [3.8, 4) is 0 Å². The number of rotatable bonds is 5. The highest BCUT2D eigenvalue weighted by Gasteiger charge is 2.35. The SMILES string of the molecule is CCN(C(=O)C(C)Sc1nc(N)c2c3c(sc2n1)CCCC3)C1CCS(=O)(=O)C1. The van der Waals surface area contributed by atoms with Crippen LogP contribution in [0.1, 0.15) is 43.6 Å². The van der Waals surface area contributed by atoms with E-state index in [0.717, 1.165) is 23.1 Å². The molecule has 1 saturated heterocycles. The van der Waals surface area contributed by atoms with E-state index in [4.69, 9.17) is 10.7 Å². The Hall–Kier alpha value is -1.39. The summed E-state index contributed by atoms with van der Waals surface area (Å²) in [6.07, 6.45) is 4.98. The second-order valence-electron chi connectivity index (χ2n) is 7.72. The third kappa shape index (κ3) is 4.11. The van der Waals surface area contributed by atoms with Gasteiger partial charge in [-0.25, -0.2) is 18.4 Å². The lowest BCUT2D eigenvalue weighted by Gasteiger charge is -2.29. The lowest BCUT2D eigenvalue weighted by Crippen LogP contribution is -2.44. The zero-order valence-electron chi connectivity index (χ0n) is 16.7. The van der Waals surface area contributed by atoms with Crippen LogP contribution in [-0.2, 0) is 27.5 Å². The number of carbonyl (C=O) groups excluding carboxylic acids is 1. The number of hydrogen-bond donors (Lipinski definition) is 1. The smallest absolute Gasteiger partial charge is 0.236 e. The van der Waals surface area contributed by atoms with Gasteiger partial charge in [-0.1, -0.05) is 11.8 Å². The number of aryl methyl sites for hydroxylation is 2. The van der Waals surface area contributed by atoms with Gasteiger partial charge in [-0.3, -0.25) is 4.79 Å². The number of sulfone groups is 1. The van der Waals surface area contributed by atoms with Gasteiger partial charge in [0.15, 0.2) is 15.0 Å². The van der Waals surface area contributed by atoms with E-state index in [0.29, 0.717) is 23.9 Å². The Morgan fingerprint density at radius 1 is 1.34 bits per heavy atom. The molecule has 2 unspecified atom stereocenters. The molecule has 2 aromatic rings. The molecule has 10 heteroatoms. The molecular formula is C19H26N4O3S3. The number of anilines is 1. The number of thiophene rings is 1. The van der Waals surface area contributed by atoms with Crippen molar-refractivity contribution in [2.45, 2.75) is 62.4 Å². The van der Waals surface area contributed by atoms with E-state index in [-0.39, 0.29) is 23.5 Å². The highest BCUT2D eigenvalue weighted by Crippen LogP contribution is 2.39. The fourth-order valence-electron chi connectivity index (χ4n) is 4.28. The maximum atomic E-state index is 13.0. The molecule has 2 atom stereocenters. The van der Waals surface area contributed by atoms with Crippen LogP contribution in [0.15, 0.2) is 5.16 Å². The van der Waals surface area contributed by atoms with Crippen LogP contribution in [-0.4, -0.2) is 58.5 Å². The monoisotopic (exact) mass is 454 g/mol. The number of nitrogen functional groups attached to an aromatic ring is 1. The Bertz CT molecular complexity index is 1050. The van der Waals surface area contributed by atoms with E-state index in [2.05, 4.69) is 4.98 Å². The van der Waals surface area contributed by atoms with Crippen LogP contribution >= 0.6 is 23.1 Å². The predicted molar refractivity (Wildman–Crippen MR) is 118 cm³/mol. The van der Waals surface area contributed by atoms with Crippen molar-refractivity contribution in [2.75, 3.05) is 23.8 Å². The summed E-state index contributed by atoms with van der Waals surface area (Å²) < 4.78 is 23.6. The highest BCUT2D eigenvalue weighted by molar-refractivity contribution is 8.00. The Labute approximate surface area is 179 Å². The van der Waals surface area contributed by atoms with E-state index in [1.54, 1.807) is 16.2 Å². The number of hydrogen-bond acceptors (Lipinski definition) is 8. The second kappa shape index (κ2) is 8.03. The molecule has 0 saturated carbocycles. The summed E-state index contributed by atoms with van der Waals surface area (Å²) in [4.78, 5) is 26.1. The molecule has 158 valence electrons. The third-order valence-corrected chi connectivity index (χ3v) is 9.61. The summed E-state index contributed by atoms with van der Waals surface area (Å²) in [6, 6.07) is -0.238. The van der Waals surface area contributed by atoms with Crippen molar-refractivity contribution in [1.29, 1.82) is 0 Å². The average Bonchev–Trinajstić information content (AvgIpc) is 3.21. The first-order valence-electron chi connectivity index (χ1n) is 10.0. The van der Waals surface area contributed by atoms with E-state index >= 15 is 0 Å². The van der Waals surface area contributed by atoms with Crippen LogP contribution in [0.25, 0.3) is 10.2 Å². The molecule has 3 heterocycles. The van der Waals surface area contributed by atoms with Gasteiger partial charge < -0.3 is 10.6 Å². The molecule has 2 N–H and O–H groups in total. The lowest BCUT2D eigenvalue weighted by atomic mass is 9.97. The zero-order chi connectivity index (χ0) is 20.8. The fraction of sp³-hybridized carbons (Fsp3) is 0.632. The predicted octanol–water partition coefficient (Wildman–Crippen LogP) is 2.67. The number of nitrogens with zero attached hydrogens (tertiary/aromatic N) is 3. The second-order valence-corrected chi connectivity index (χ2v) is 12.3. The van der Waals surface area contributed by atoms with Gasteiger partial charge in [0.25, 0.3) is 0 Å². The Morgan fingerprint density at radius 3 is 2.79 bits per heavy atom. The van der Waals surface area contributed by atoms with Crippen LogP contribution < -0.4 is 5.73 Å². The van der Waals surface area contributed by atoms with Gasteiger partial charge in [-0.15, -0.1) is 11.3 Å². The van der Waals surface area contributed by atoms with Crippen molar-refractivity contribution >= 4 is 54.9 Å². The van der Waals surface area contributed by atoms with Crippen molar-refractivity contribution in [3.63, 3.8) is 0 Å². The maximum absolute atomic E-state index is 13.0. The van der Waals surface area contributed by atoms with Gasteiger partial charge in [0.05, 0.1) is 22.1 Å². The van der Waals surface area contributed by atoms with Crippen molar-refractivity contribution in [3.05, 3.63) is 10.4 Å². The third-order valence-electron chi connectivity index (χ3n) is 5.73. The van der Waals surface area contributed by atoms with Gasteiger partial charge in [0, 0.05) is 17.5 Å². The van der Waals surface area contributed by atoms with Crippen molar-refractivity contribution in [2.24, 2.45) is 0 Å². The molecule has 29 heavy (non-hydrogen) atoms. The summed E-state index contributed by atoms with van der Waals surface area (Å²) in [6.45, 7) is 4.20.